The highest BCUT2D eigenvalue weighted by molar-refractivity contribution is 9.10. The second-order valence-corrected chi connectivity index (χ2v) is 5.72. The zero-order chi connectivity index (χ0) is 14.7. The van der Waals surface area contributed by atoms with E-state index in [2.05, 4.69) is 15.9 Å². The van der Waals surface area contributed by atoms with Gasteiger partial charge in [0.1, 0.15) is 23.2 Å². The van der Waals surface area contributed by atoms with Crippen LogP contribution in [0.1, 0.15) is 5.56 Å². The zero-order valence-electron chi connectivity index (χ0n) is 10.6. The Labute approximate surface area is 129 Å². The second-order valence-electron chi connectivity index (χ2n) is 3.95. The molecule has 3 N–H and O–H groups in total. The van der Waals surface area contributed by atoms with Crippen molar-refractivity contribution < 1.29 is 9.13 Å². The standard InChI is InChI=1S/C14H12BrFN2OS/c1-20-12-4-2-3-11(13(12)14(17)18)19-10-6-8(15)5-9(16)7-10/h2-7H,1H3,(H3,17,18). The monoisotopic (exact) mass is 354 g/mol. The fourth-order valence-corrected chi connectivity index (χ4v) is 2.82. The molecule has 0 aliphatic rings. The molecule has 0 aromatic heterocycles. The maximum absolute atomic E-state index is 13.4. The molecule has 104 valence electrons. The lowest BCUT2D eigenvalue weighted by Gasteiger charge is -2.13. The second kappa shape index (κ2) is 6.28. The summed E-state index contributed by atoms with van der Waals surface area (Å²) in [7, 11) is 0. The third-order valence-electron chi connectivity index (χ3n) is 2.54. The molecule has 0 bridgehead atoms. The average Bonchev–Trinajstić information content (AvgIpc) is 2.36. The van der Waals surface area contributed by atoms with Crippen LogP contribution < -0.4 is 10.5 Å². The van der Waals surface area contributed by atoms with E-state index in [0.29, 0.717) is 21.5 Å². The van der Waals surface area contributed by atoms with Crippen molar-refractivity contribution in [3.8, 4) is 11.5 Å². The number of nitrogen functional groups attached to an aromatic ring is 1. The van der Waals surface area contributed by atoms with Gasteiger partial charge in [0.05, 0.1) is 5.56 Å². The van der Waals surface area contributed by atoms with Gasteiger partial charge in [0.25, 0.3) is 0 Å². The summed E-state index contributed by atoms with van der Waals surface area (Å²) in [6.45, 7) is 0. The largest absolute Gasteiger partial charge is 0.456 e. The summed E-state index contributed by atoms with van der Waals surface area (Å²) >= 11 is 4.68. The predicted molar refractivity (Wildman–Crippen MR) is 83.4 cm³/mol. The highest BCUT2D eigenvalue weighted by Crippen LogP contribution is 2.33. The van der Waals surface area contributed by atoms with Crippen molar-refractivity contribution in [2.45, 2.75) is 4.90 Å². The molecule has 0 saturated carbocycles. The van der Waals surface area contributed by atoms with Gasteiger partial charge in [0.15, 0.2) is 0 Å². The Morgan fingerprint density at radius 3 is 2.70 bits per heavy atom. The van der Waals surface area contributed by atoms with Crippen LogP contribution in [0.15, 0.2) is 45.8 Å². The van der Waals surface area contributed by atoms with Gasteiger partial charge in [0.2, 0.25) is 0 Å². The first-order valence-corrected chi connectivity index (χ1v) is 7.68. The van der Waals surface area contributed by atoms with Gasteiger partial charge in [-0.15, -0.1) is 11.8 Å². The Bertz CT molecular complexity index is 643. The van der Waals surface area contributed by atoms with Crippen LogP contribution >= 0.6 is 27.7 Å². The molecule has 0 unspecified atom stereocenters. The normalized spacial score (nSPS) is 10.3. The molecule has 0 saturated heterocycles. The van der Waals surface area contributed by atoms with Crippen molar-refractivity contribution in [1.82, 2.24) is 0 Å². The SMILES string of the molecule is CSc1cccc(Oc2cc(F)cc(Br)c2)c1C(=N)N. The molecule has 0 spiro atoms. The fourth-order valence-electron chi connectivity index (χ4n) is 1.75. The molecule has 3 nitrogen and oxygen atoms in total. The van der Waals surface area contributed by atoms with E-state index in [1.807, 2.05) is 18.4 Å². The Hall–Kier alpha value is -1.53. The van der Waals surface area contributed by atoms with Crippen LogP contribution in [-0.4, -0.2) is 12.1 Å². The average molecular weight is 355 g/mol. The molecule has 2 aromatic carbocycles. The van der Waals surface area contributed by atoms with Gasteiger partial charge in [-0.1, -0.05) is 22.0 Å². The van der Waals surface area contributed by atoms with Gasteiger partial charge in [-0.2, -0.15) is 0 Å². The molecular weight excluding hydrogens is 343 g/mol. The quantitative estimate of drug-likeness (QED) is 0.486. The van der Waals surface area contributed by atoms with Gasteiger partial charge in [0, 0.05) is 15.4 Å². The summed E-state index contributed by atoms with van der Waals surface area (Å²) < 4.78 is 19.6. The lowest BCUT2D eigenvalue weighted by atomic mass is 10.2. The van der Waals surface area contributed by atoms with Crippen molar-refractivity contribution in [1.29, 1.82) is 5.41 Å². The van der Waals surface area contributed by atoms with Gasteiger partial charge in [-0.3, -0.25) is 5.41 Å². The molecule has 0 fully saturated rings. The zero-order valence-corrected chi connectivity index (χ0v) is 13.0. The van der Waals surface area contributed by atoms with E-state index >= 15 is 0 Å². The van der Waals surface area contributed by atoms with Crippen LogP contribution in [0.25, 0.3) is 0 Å². The van der Waals surface area contributed by atoms with Crippen molar-refractivity contribution >= 4 is 33.5 Å². The minimum atomic E-state index is -0.403. The lowest BCUT2D eigenvalue weighted by Crippen LogP contribution is -2.13. The van der Waals surface area contributed by atoms with Crippen molar-refractivity contribution in [3.63, 3.8) is 0 Å². The number of nitrogens with one attached hydrogen (secondary N) is 1. The van der Waals surface area contributed by atoms with Crippen LogP contribution in [0.5, 0.6) is 11.5 Å². The Balaban J connectivity index is 2.45. The molecule has 2 rings (SSSR count). The minimum Gasteiger partial charge on any atom is -0.456 e. The number of benzene rings is 2. The van der Waals surface area contributed by atoms with Gasteiger partial charge < -0.3 is 10.5 Å². The molecule has 2 aromatic rings. The third kappa shape index (κ3) is 3.32. The number of thioether (sulfide) groups is 1. The van der Waals surface area contributed by atoms with Crippen molar-refractivity contribution in [3.05, 3.63) is 52.3 Å². The van der Waals surface area contributed by atoms with Gasteiger partial charge in [-0.05, 0) is 30.5 Å². The van der Waals surface area contributed by atoms with E-state index < -0.39 is 5.82 Å². The first kappa shape index (κ1) is 14.9. The number of hydrogen-bond acceptors (Lipinski definition) is 3. The fraction of sp³-hybridized carbons (Fsp3) is 0.0714. The van der Waals surface area contributed by atoms with Gasteiger partial charge >= 0.3 is 0 Å². The van der Waals surface area contributed by atoms with Crippen molar-refractivity contribution in [2.75, 3.05) is 6.26 Å². The summed E-state index contributed by atoms with van der Waals surface area (Å²) in [6.07, 6.45) is 1.89. The van der Waals surface area contributed by atoms with E-state index in [4.69, 9.17) is 15.9 Å². The van der Waals surface area contributed by atoms with Gasteiger partial charge in [-0.25, -0.2) is 4.39 Å². The molecule has 0 heterocycles. The predicted octanol–water partition coefficient (Wildman–Crippen LogP) is 4.39. The van der Waals surface area contributed by atoms with Crippen LogP contribution in [0.4, 0.5) is 4.39 Å². The number of rotatable bonds is 4. The molecule has 0 radical (unpaired) electrons. The number of nitrogens with two attached hydrogens (primary N) is 1. The third-order valence-corrected chi connectivity index (χ3v) is 3.78. The van der Waals surface area contributed by atoms with Crippen LogP contribution in [-0.2, 0) is 0 Å². The van der Waals surface area contributed by atoms with Crippen LogP contribution in [0.3, 0.4) is 0 Å². The number of amidine groups is 1. The topological polar surface area (TPSA) is 59.1 Å². The molecular formula is C14H12BrFN2OS. The first-order valence-electron chi connectivity index (χ1n) is 5.66. The molecule has 0 atom stereocenters. The van der Waals surface area contributed by atoms with E-state index in [1.165, 1.54) is 23.9 Å². The molecule has 0 aliphatic heterocycles. The Morgan fingerprint density at radius 2 is 2.10 bits per heavy atom. The summed E-state index contributed by atoms with van der Waals surface area (Å²) in [4.78, 5) is 0.838. The molecule has 0 amide bonds. The van der Waals surface area contributed by atoms with Crippen LogP contribution in [0.2, 0.25) is 0 Å². The summed E-state index contributed by atoms with van der Waals surface area (Å²) in [5.41, 5.74) is 6.13. The molecule has 0 aliphatic carbocycles. The van der Waals surface area contributed by atoms with E-state index in [1.54, 1.807) is 12.1 Å². The van der Waals surface area contributed by atoms with Crippen molar-refractivity contribution in [2.24, 2.45) is 5.73 Å². The number of ether oxygens (including phenoxy) is 1. The Kier molecular flexibility index (Phi) is 4.67. The highest BCUT2D eigenvalue weighted by Gasteiger charge is 2.13. The summed E-state index contributed by atoms with van der Waals surface area (Å²) in [5, 5.41) is 7.67. The Morgan fingerprint density at radius 1 is 1.35 bits per heavy atom. The maximum Gasteiger partial charge on any atom is 0.139 e. The summed E-state index contributed by atoms with van der Waals surface area (Å²) in [5.74, 6) is 0.291. The van der Waals surface area contributed by atoms with E-state index in [0.717, 1.165) is 4.90 Å². The maximum atomic E-state index is 13.4. The van der Waals surface area contributed by atoms with E-state index in [-0.39, 0.29) is 5.84 Å². The van der Waals surface area contributed by atoms with E-state index in [9.17, 15) is 4.39 Å². The number of hydrogen-bond donors (Lipinski definition) is 2. The molecule has 6 heteroatoms. The first-order chi connectivity index (χ1) is 9.51. The molecule has 20 heavy (non-hydrogen) atoms. The minimum absolute atomic E-state index is 0.0829. The van der Waals surface area contributed by atoms with Crippen LogP contribution in [0, 0.1) is 11.2 Å². The summed E-state index contributed by atoms with van der Waals surface area (Å²) in [6, 6.07) is 9.64. The number of halogens is 2. The smallest absolute Gasteiger partial charge is 0.139 e. The highest BCUT2D eigenvalue weighted by atomic mass is 79.9. The lowest BCUT2D eigenvalue weighted by molar-refractivity contribution is 0.474.